The molecular weight excluding hydrogens is 320 g/mol. The highest BCUT2D eigenvalue weighted by Crippen LogP contribution is 2.27. The lowest BCUT2D eigenvalue weighted by molar-refractivity contribution is -0.384. The maximum atomic E-state index is 12.1. The largest absolute Gasteiger partial charge is 0.320 e. The molecule has 0 saturated carbocycles. The van der Waals surface area contributed by atoms with E-state index in [1.54, 1.807) is 24.4 Å². The molecule has 1 heterocycles. The first kappa shape index (κ1) is 16.1. The van der Waals surface area contributed by atoms with E-state index in [0.29, 0.717) is 5.56 Å². The molecule has 2 rings (SSSR count). The van der Waals surface area contributed by atoms with Crippen molar-refractivity contribution in [3.05, 3.63) is 69.0 Å². The van der Waals surface area contributed by atoms with Gasteiger partial charge in [0, 0.05) is 24.5 Å². The average Bonchev–Trinajstić information content (AvgIpc) is 2.55. The molecular formula is C15H9ClN4O3. The number of anilines is 1. The Labute approximate surface area is 136 Å². The zero-order valence-electron chi connectivity index (χ0n) is 11.6. The molecule has 0 aliphatic rings. The van der Waals surface area contributed by atoms with E-state index in [1.165, 1.54) is 24.4 Å². The third kappa shape index (κ3) is 4.12. The highest BCUT2D eigenvalue weighted by molar-refractivity contribution is 6.34. The van der Waals surface area contributed by atoms with Gasteiger partial charge in [-0.1, -0.05) is 17.7 Å². The van der Waals surface area contributed by atoms with Crippen molar-refractivity contribution in [2.45, 2.75) is 0 Å². The number of carbonyl (C=O) groups is 1. The highest BCUT2D eigenvalue weighted by Gasteiger charge is 2.15. The summed E-state index contributed by atoms with van der Waals surface area (Å²) < 4.78 is 0. The summed E-state index contributed by atoms with van der Waals surface area (Å²) >= 11 is 5.90. The number of pyridine rings is 1. The number of nitrogens with one attached hydrogen (secondary N) is 1. The van der Waals surface area contributed by atoms with E-state index in [4.69, 9.17) is 16.9 Å². The van der Waals surface area contributed by atoms with Crippen LogP contribution in [0.25, 0.3) is 6.08 Å². The molecule has 114 valence electrons. The molecule has 7 nitrogen and oxygen atoms in total. The van der Waals surface area contributed by atoms with E-state index in [-0.39, 0.29) is 22.0 Å². The molecule has 0 aliphatic carbocycles. The van der Waals surface area contributed by atoms with Crippen LogP contribution in [-0.4, -0.2) is 15.8 Å². The van der Waals surface area contributed by atoms with Crippen molar-refractivity contribution in [1.29, 1.82) is 5.26 Å². The molecule has 8 heteroatoms. The lowest BCUT2D eigenvalue weighted by Crippen LogP contribution is -2.14. The number of amides is 1. The summed E-state index contributed by atoms with van der Waals surface area (Å²) in [6.07, 6.45) is 4.41. The third-order valence-electron chi connectivity index (χ3n) is 2.77. The molecule has 1 N–H and O–H groups in total. The van der Waals surface area contributed by atoms with Gasteiger partial charge in [0.05, 0.1) is 15.6 Å². The summed E-state index contributed by atoms with van der Waals surface area (Å²) in [5.41, 5.74) is 0.225. The van der Waals surface area contributed by atoms with Gasteiger partial charge in [-0.15, -0.1) is 0 Å². The molecule has 0 atom stereocenters. The second-order valence-electron chi connectivity index (χ2n) is 4.33. The van der Waals surface area contributed by atoms with E-state index in [1.807, 2.05) is 0 Å². The molecule has 1 aromatic carbocycles. The van der Waals surface area contributed by atoms with Gasteiger partial charge in [-0.05, 0) is 23.8 Å². The molecule has 0 saturated heterocycles. The topological polar surface area (TPSA) is 109 Å². The van der Waals surface area contributed by atoms with Crippen LogP contribution in [0.2, 0.25) is 5.02 Å². The summed E-state index contributed by atoms with van der Waals surface area (Å²) in [4.78, 5) is 26.2. The van der Waals surface area contributed by atoms with Crippen molar-refractivity contribution < 1.29 is 9.72 Å². The minimum atomic E-state index is -0.723. The standard InChI is InChI=1S/C15H9ClN4O3/c16-13-4-3-12(20(22)23)7-14(13)19-15(21)11(8-17)6-10-2-1-5-18-9-10/h1-7,9H,(H,19,21)/b11-6+. The Kier molecular flexibility index (Phi) is 5.02. The Bertz CT molecular complexity index is 828. The molecule has 0 spiro atoms. The fourth-order valence-corrected chi connectivity index (χ4v) is 1.85. The van der Waals surface area contributed by atoms with Crippen molar-refractivity contribution in [1.82, 2.24) is 4.98 Å². The molecule has 1 amide bonds. The minimum Gasteiger partial charge on any atom is -0.320 e. The Balaban J connectivity index is 2.27. The number of rotatable bonds is 4. The van der Waals surface area contributed by atoms with Crippen LogP contribution in [0.5, 0.6) is 0 Å². The first-order valence-electron chi connectivity index (χ1n) is 6.28. The maximum Gasteiger partial charge on any atom is 0.271 e. The van der Waals surface area contributed by atoms with Crippen LogP contribution in [0.3, 0.4) is 0 Å². The molecule has 2 aromatic rings. The van der Waals surface area contributed by atoms with Crippen LogP contribution in [0, 0.1) is 21.4 Å². The van der Waals surface area contributed by atoms with Gasteiger partial charge in [-0.3, -0.25) is 19.9 Å². The predicted octanol–water partition coefficient (Wildman–Crippen LogP) is 3.19. The van der Waals surface area contributed by atoms with Crippen molar-refractivity contribution >= 4 is 35.0 Å². The van der Waals surface area contributed by atoms with Crippen LogP contribution >= 0.6 is 11.6 Å². The number of nitro benzene ring substituents is 1. The van der Waals surface area contributed by atoms with Crippen molar-refractivity contribution in [2.75, 3.05) is 5.32 Å². The van der Waals surface area contributed by atoms with Gasteiger partial charge >= 0.3 is 0 Å². The van der Waals surface area contributed by atoms with Gasteiger partial charge in [0.1, 0.15) is 11.6 Å². The summed E-state index contributed by atoms with van der Waals surface area (Å²) in [5.74, 6) is -0.723. The second kappa shape index (κ2) is 7.15. The lowest BCUT2D eigenvalue weighted by Gasteiger charge is -2.06. The molecule has 0 unspecified atom stereocenters. The van der Waals surface area contributed by atoms with Crippen molar-refractivity contribution in [3.63, 3.8) is 0 Å². The van der Waals surface area contributed by atoms with E-state index < -0.39 is 10.8 Å². The van der Waals surface area contributed by atoms with E-state index >= 15 is 0 Å². The number of nitriles is 1. The van der Waals surface area contributed by atoms with Crippen LogP contribution in [0.4, 0.5) is 11.4 Å². The first-order valence-corrected chi connectivity index (χ1v) is 6.66. The van der Waals surface area contributed by atoms with Gasteiger partial charge in [-0.25, -0.2) is 0 Å². The number of aromatic nitrogens is 1. The van der Waals surface area contributed by atoms with E-state index in [0.717, 1.165) is 6.07 Å². The number of hydrogen-bond acceptors (Lipinski definition) is 5. The summed E-state index contributed by atoms with van der Waals surface area (Å²) in [6.45, 7) is 0. The number of benzene rings is 1. The fourth-order valence-electron chi connectivity index (χ4n) is 1.69. The van der Waals surface area contributed by atoms with E-state index in [2.05, 4.69) is 10.3 Å². The van der Waals surface area contributed by atoms with Crippen LogP contribution < -0.4 is 5.32 Å². The quantitative estimate of drug-likeness (QED) is 0.401. The van der Waals surface area contributed by atoms with Gasteiger partial charge in [0.2, 0.25) is 0 Å². The Hall–Kier alpha value is -3.24. The maximum absolute atomic E-state index is 12.1. The number of nitrogens with zero attached hydrogens (tertiary/aromatic N) is 3. The molecule has 23 heavy (non-hydrogen) atoms. The van der Waals surface area contributed by atoms with Gasteiger partial charge in [0.15, 0.2) is 0 Å². The number of halogens is 1. The third-order valence-corrected chi connectivity index (χ3v) is 3.10. The normalized spacial score (nSPS) is 10.7. The lowest BCUT2D eigenvalue weighted by atomic mass is 10.1. The average molecular weight is 329 g/mol. The predicted molar refractivity (Wildman–Crippen MR) is 84.6 cm³/mol. The smallest absolute Gasteiger partial charge is 0.271 e. The zero-order valence-corrected chi connectivity index (χ0v) is 12.3. The number of non-ortho nitro benzene ring substituents is 1. The monoisotopic (exact) mass is 328 g/mol. The summed E-state index contributed by atoms with van der Waals surface area (Å²) in [6, 6.07) is 8.75. The van der Waals surface area contributed by atoms with Gasteiger partial charge in [-0.2, -0.15) is 5.26 Å². The molecule has 1 aromatic heterocycles. The van der Waals surface area contributed by atoms with Crippen molar-refractivity contribution in [2.24, 2.45) is 0 Å². The Morgan fingerprint density at radius 2 is 2.22 bits per heavy atom. The summed E-state index contributed by atoms with van der Waals surface area (Å²) in [7, 11) is 0. The second-order valence-corrected chi connectivity index (χ2v) is 4.74. The number of carbonyl (C=O) groups excluding carboxylic acids is 1. The molecule has 0 fully saturated rings. The van der Waals surface area contributed by atoms with Crippen LogP contribution in [0.15, 0.2) is 48.3 Å². The minimum absolute atomic E-state index is 0.0539. The Morgan fingerprint density at radius 3 is 2.83 bits per heavy atom. The molecule has 0 aliphatic heterocycles. The first-order chi connectivity index (χ1) is 11.0. The van der Waals surface area contributed by atoms with Gasteiger partial charge in [0.25, 0.3) is 11.6 Å². The summed E-state index contributed by atoms with van der Waals surface area (Å²) in [5, 5.41) is 22.4. The molecule has 0 bridgehead atoms. The number of hydrogen-bond donors (Lipinski definition) is 1. The number of nitro groups is 1. The SMILES string of the molecule is N#C/C(=C\c1cccnc1)C(=O)Nc1cc([N+](=O)[O-])ccc1Cl. The Morgan fingerprint density at radius 1 is 1.43 bits per heavy atom. The van der Waals surface area contributed by atoms with Crippen LogP contribution in [-0.2, 0) is 4.79 Å². The fraction of sp³-hybridized carbons (Fsp3) is 0. The van der Waals surface area contributed by atoms with Gasteiger partial charge < -0.3 is 5.32 Å². The highest BCUT2D eigenvalue weighted by atomic mass is 35.5. The zero-order chi connectivity index (χ0) is 16.8. The molecule has 0 radical (unpaired) electrons. The van der Waals surface area contributed by atoms with E-state index in [9.17, 15) is 14.9 Å². The van der Waals surface area contributed by atoms with Crippen LogP contribution in [0.1, 0.15) is 5.56 Å². The van der Waals surface area contributed by atoms with Crippen molar-refractivity contribution in [3.8, 4) is 6.07 Å².